The van der Waals surface area contributed by atoms with Gasteiger partial charge < -0.3 is 30.0 Å². The fourth-order valence-corrected chi connectivity index (χ4v) is 2.11. The smallest absolute Gasteiger partial charge is 0.408 e. The second kappa shape index (κ2) is 11.6. The summed E-state index contributed by atoms with van der Waals surface area (Å²) in [5.74, 6) is -0.612. The fraction of sp³-hybridized carbons (Fsp3) is 0.450. The molecule has 0 bridgehead atoms. The first-order chi connectivity index (χ1) is 13.6. The van der Waals surface area contributed by atoms with Crippen molar-refractivity contribution in [3.8, 4) is 5.75 Å². The third-order valence-corrected chi connectivity index (χ3v) is 3.32. The molecular formula is C20H28N2O7. The Morgan fingerprint density at radius 3 is 2.38 bits per heavy atom. The van der Waals surface area contributed by atoms with E-state index < -0.39 is 29.8 Å². The molecule has 0 saturated carbocycles. The van der Waals surface area contributed by atoms with Crippen LogP contribution in [0.3, 0.4) is 0 Å². The van der Waals surface area contributed by atoms with E-state index in [0.29, 0.717) is 11.3 Å². The lowest BCUT2D eigenvalue weighted by Crippen LogP contribution is -2.42. The zero-order valence-electron chi connectivity index (χ0n) is 16.9. The van der Waals surface area contributed by atoms with E-state index in [0.717, 1.165) is 0 Å². The van der Waals surface area contributed by atoms with E-state index in [1.807, 2.05) is 0 Å². The number of alkyl carbamates (subject to hydrolysis) is 2. The van der Waals surface area contributed by atoms with Gasteiger partial charge in [0.05, 0.1) is 6.54 Å². The van der Waals surface area contributed by atoms with Crippen molar-refractivity contribution in [3.05, 3.63) is 42.5 Å². The number of aliphatic carboxylic acids is 1. The van der Waals surface area contributed by atoms with Gasteiger partial charge in [0, 0.05) is 6.42 Å². The molecule has 3 N–H and O–H groups in total. The van der Waals surface area contributed by atoms with Crippen LogP contribution in [0.4, 0.5) is 9.59 Å². The van der Waals surface area contributed by atoms with Crippen LogP contribution in [0.25, 0.3) is 0 Å². The van der Waals surface area contributed by atoms with Gasteiger partial charge in [0.2, 0.25) is 0 Å². The third kappa shape index (κ3) is 10.6. The van der Waals surface area contributed by atoms with Gasteiger partial charge >= 0.3 is 18.2 Å². The third-order valence-electron chi connectivity index (χ3n) is 3.32. The monoisotopic (exact) mass is 408 g/mol. The number of carbonyl (C=O) groups is 3. The molecule has 29 heavy (non-hydrogen) atoms. The minimum Gasteiger partial charge on any atom is -0.492 e. The van der Waals surface area contributed by atoms with Crippen molar-refractivity contribution in [2.45, 2.75) is 38.8 Å². The van der Waals surface area contributed by atoms with Crippen LogP contribution in [-0.2, 0) is 20.7 Å². The van der Waals surface area contributed by atoms with Crippen molar-refractivity contribution >= 4 is 18.2 Å². The first-order valence-electron chi connectivity index (χ1n) is 9.06. The van der Waals surface area contributed by atoms with Crippen LogP contribution in [-0.4, -0.2) is 54.7 Å². The molecule has 0 spiro atoms. The molecule has 1 rings (SSSR count). The van der Waals surface area contributed by atoms with E-state index in [2.05, 4.69) is 17.2 Å². The predicted octanol–water partition coefficient (Wildman–Crippen LogP) is 2.50. The Kier molecular flexibility index (Phi) is 9.50. The standard InChI is InChI=1S/C20H28N2O7/c1-5-11-28-19(26)22-16(17(23)24)13-14-6-8-15(9-7-14)27-12-10-21-18(25)29-20(2,3)4/h5-9,16H,1,10-13H2,2-4H3,(H,21,25)(H,22,26)(H,23,24)/t16-/m0/s1. The molecule has 0 aliphatic carbocycles. The molecule has 0 radical (unpaired) electrons. The van der Waals surface area contributed by atoms with Gasteiger partial charge in [-0.1, -0.05) is 24.8 Å². The Labute approximate surface area is 170 Å². The molecule has 1 atom stereocenters. The number of hydrogen-bond donors (Lipinski definition) is 3. The number of carboxylic acid groups (broad SMARTS) is 1. The molecule has 1 aromatic rings. The van der Waals surface area contributed by atoms with Gasteiger partial charge in [-0.05, 0) is 38.5 Å². The average Bonchev–Trinajstić information content (AvgIpc) is 2.62. The van der Waals surface area contributed by atoms with Gasteiger partial charge in [-0.2, -0.15) is 0 Å². The molecule has 160 valence electrons. The second-order valence-corrected chi connectivity index (χ2v) is 7.05. The summed E-state index contributed by atoms with van der Waals surface area (Å²) in [6.45, 7) is 9.25. The Bertz CT molecular complexity index is 696. The van der Waals surface area contributed by atoms with Crippen molar-refractivity contribution in [2.24, 2.45) is 0 Å². The molecule has 9 nitrogen and oxygen atoms in total. The summed E-state index contributed by atoms with van der Waals surface area (Å²) >= 11 is 0. The highest BCUT2D eigenvalue weighted by Gasteiger charge is 2.21. The Hall–Kier alpha value is -3.23. The lowest BCUT2D eigenvalue weighted by molar-refractivity contribution is -0.139. The Morgan fingerprint density at radius 1 is 1.17 bits per heavy atom. The summed E-state index contributed by atoms with van der Waals surface area (Å²) < 4.78 is 15.4. The van der Waals surface area contributed by atoms with E-state index in [1.165, 1.54) is 6.08 Å². The maximum atomic E-state index is 11.5. The summed E-state index contributed by atoms with van der Waals surface area (Å²) in [5.41, 5.74) is 0.131. The van der Waals surface area contributed by atoms with E-state index in [4.69, 9.17) is 14.2 Å². The number of hydrogen-bond acceptors (Lipinski definition) is 6. The Morgan fingerprint density at radius 2 is 1.83 bits per heavy atom. The van der Waals surface area contributed by atoms with Gasteiger partial charge in [0.1, 0.15) is 30.6 Å². The first-order valence-corrected chi connectivity index (χ1v) is 9.06. The number of nitrogens with one attached hydrogen (secondary N) is 2. The number of benzene rings is 1. The number of ether oxygens (including phenoxy) is 3. The minimum atomic E-state index is -1.17. The van der Waals surface area contributed by atoms with Gasteiger partial charge in [-0.15, -0.1) is 0 Å². The van der Waals surface area contributed by atoms with Crippen LogP contribution in [0.5, 0.6) is 5.75 Å². The molecule has 0 aliphatic heterocycles. The highest BCUT2D eigenvalue weighted by Crippen LogP contribution is 2.14. The summed E-state index contributed by atoms with van der Waals surface area (Å²) in [4.78, 5) is 34.4. The molecule has 9 heteroatoms. The molecular weight excluding hydrogens is 380 g/mol. The van der Waals surface area contributed by atoms with Crippen molar-refractivity contribution in [2.75, 3.05) is 19.8 Å². The van der Waals surface area contributed by atoms with E-state index in [1.54, 1.807) is 45.0 Å². The summed E-state index contributed by atoms with van der Waals surface area (Å²) in [5, 5.41) is 14.1. The molecule has 0 aliphatic rings. The topological polar surface area (TPSA) is 123 Å². The SMILES string of the molecule is C=CCOC(=O)N[C@@H](Cc1ccc(OCCNC(=O)OC(C)(C)C)cc1)C(=O)O. The van der Waals surface area contributed by atoms with Gasteiger partial charge in [-0.25, -0.2) is 14.4 Å². The number of carbonyl (C=O) groups excluding carboxylic acids is 2. The van der Waals surface area contributed by atoms with Gasteiger partial charge in [0.15, 0.2) is 0 Å². The van der Waals surface area contributed by atoms with Crippen LogP contribution >= 0.6 is 0 Å². The van der Waals surface area contributed by atoms with Crippen LogP contribution in [0.1, 0.15) is 26.3 Å². The molecule has 0 unspecified atom stereocenters. The predicted molar refractivity (Wildman–Crippen MR) is 106 cm³/mol. The van der Waals surface area contributed by atoms with Gasteiger partial charge in [-0.3, -0.25) is 0 Å². The normalized spacial score (nSPS) is 11.7. The van der Waals surface area contributed by atoms with Crippen LogP contribution in [0, 0.1) is 0 Å². The number of carboxylic acids is 1. The molecule has 2 amide bonds. The van der Waals surface area contributed by atoms with Gasteiger partial charge in [0.25, 0.3) is 0 Å². The maximum absolute atomic E-state index is 11.5. The zero-order valence-corrected chi connectivity index (χ0v) is 16.9. The Balaban J connectivity index is 2.45. The quantitative estimate of drug-likeness (QED) is 0.401. The summed E-state index contributed by atoms with van der Waals surface area (Å²) in [6.07, 6.45) is 0.126. The van der Waals surface area contributed by atoms with Crippen molar-refractivity contribution in [1.29, 1.82) is 0 Å². The van der Waals surface area contributed by atoms with Crippen molar-refractivity contribution < 1.29 is 33.7 Å². The molecule has 0 saturated heterocycles. The molecule has 1 aromatic carbocycles. The minimum absolute atomic E-state index is 0.00695. The van der Waals surface area contributed by atoms with Crippen LogP contribution in [0.15, 0.2) is 36.9 Å². The van der Waals surface area contributed by atoms with E-state index >= 15 is 0 Å². The van der Waals surface area contributed by atoms with E-state index in [-0.39, 0.29) is 26.2 Å². The summed E-state index contributed by atoms with van der Waals surface area (Å²) in [6, 6.07) is 5.62. The lowest BCUT2D eigenvalue weighted by Gasteiger charge is -2.19. The molecule has 0 heterocycles. The molecule has 0 aromatic heterocycles. The summed E-state index contributed by atoms with van der Waals surface area (Å²) in [7, 11) is 0. The molecule has 0 fully saturated rings. The first kappa shape index (κ1) is 23.8. The van der Waals surface area contributed by atoms with Crippen molar-refractivity contribution in [3.63, 3.8) is 0 Å². The second-order valence-electron chi connectivity index (χ2n) is 7.05. The number of rotatable bonds is 10. The number of amides is 2. The van der Waals surface area contributed by atoms with E-state index in [9.17, 15) is 19.5 Å². The lowest BCUT2D eigenvalue weighted by atomic mass is 10.1. The zero-order chi connectivity index (χ0) is 21.9. The van der Waals surface area contributed by atoms with Crippen LogP contribution < -0.4 is 15.4 Å². The highest BCUT2D eigenvalue weighted by molar-refractivity contribution is 5.80. The highest BCUT2D eigenvalue weighted by atomic mass is 16.6. The fourth-order valence-electron chi connectivity index (χ4n) is 2.11. The maximum Gasteiger partial charge on any atom is 0.408 e. The largest absolute Gasteiger partial charge is 0.492 e. The van der Waals surface area contributed by atoms with Crippen molar-refractivity contribution in [1.82, 2.24) is 10.6 Å². The average molecular weight is 408 g/mol. The van der Waals surface area contributed by atoms with Crippen LogP contribution in [0.2, 0.25) is 0 Å².